The fourth-order valence-corrected chi connectivity index (χ4v) is 6.24. The van der Waals surface area contributed by atoms with Gasteiger partial charge in [0.1, 0.15) is 12.3 Å². The molecular weight excluding hydrogens is 626 g/mol. The summed E-state index contributed by atoms with van der Waals surface area (Å²) in [6.45, 7) is 4.76. The van der Waals surface area contributed by atoms with E-state index in [0.717, 1.165) is 37.5 Å². The Bertz CT molecular complexity index is 1780. The average Bonchev–Trinajstić information content (AvgIpc) is 3.24. The second-order valence-corrected chi connectivity index (χ2v) is 12.1. The van der Waals surface area contributed by atoms with Gasteiger partial charge in [0, 0.05) is 38.7 Å². The average molecular weight is 655 g/mol. The molecule has 1 aromatic heterocycles. The predicted molar refractivity (Wildman–Crippen MR) is 164 cm³/mol. The van der Waals surface area contributed by atoms with E-state index in [1.54, 1.807) is 12.1 Å². The van der Waals surface area contributed by atoms with Crippen LogP contribution in [0, 0.1) is 30.9 Å². The zero-order valence-corrected chi connectivity index (χ0v) is 25.6. The minimum Gasteiger partial charge on any atom is -0.497 e. The second kappa shape index (κ2) is 12.6. The van der Waals surface area contributed by atoms with E-state index in [1.165, 1.54) is 44.5 Å². The normalized spacial score (nSPS) is 11.5. The van der Waals surface area contributed by atoms with E-state index in [2.05, 4.69) is 26.5 Å². The van der Waals surface area contributed by atoms with Gasteiger partial charge >= 0.3 is 0 Å². The minimum atomic E-state index is -4.39. The monoisotopic (exact) mass is 653 g/mol. The summed E-state index contributed by atoms with van der Waals surface area (Å²) in [6.07, 6.45) is 1.49. The number of anilines is 1. The van der Waals surface area contributed by atoms with Gasteiger partial charge in [-0.15, -0.1) is 0 Å². The molecule has 0 unspecified atom stereocenters. The number of halogens is 1. The first kappa shape index (κ1) is 30.5. The van der Waals surface area contributed by atoms with Crippen LogP contribution >= 0.6 is 15.9 Å². The third-order valence-corrected chi connectivity index (χ3v) is 8.81. The van der Waals surface area contributed by atoms with Gasteiger partial charge in [0.25, 0.3) is 21.6 Å². The largest absolute Gasteiger partial charge is 0.497 e. The number of aryl methyl sites for hydroxylation is 2. The first-order valence-electron chi connectivity index (χ1n) is 12.6. The van der Waals surface area contributed by atoms with Crippen molar-refractivity contribution in [3.8, 4) is 11.4 Å². The van der Waals surface area contributed by atoms with Crippen LogP contribution in [-0.4, -0.2) is 43.7 Å². The maximum atomic E-state index is 13.7. The Labute approximate surface area is 251 Å². The van der Waals surface area contributed by atoms with Gasteiger partial charge in [0.2, 0.25) is 0 Å². The van der Waals surface area contributed by atoms with Gasteiger partial charge in [-0.2, -0.15) is 5.10 Å². The smallest absolute Gasteiger partial charge is 0.273 e. The van der Waals surface area contributed by atoms with Gasteiger partial charge < -0.3 is 9.30 Å². The van der Waals surface area contributed by atoms with Crippen LogP contribution in [0.15, 0.2) is 87.3 Å². The standard InChI is InChI=1S/C29H28BrN5O6S/c1-19-8-13-27(16-28(19)35(37)38)42(39,40)33(24-9-11-26(41-4)12-10-24)18-29(36)32-31-17-22-14-20(2)34(21(22)3)25-7-5-6-23(30)15-25/h5-17H,18H2,1-4H3,(H,32,36)/b31-17-. The van der Waals surface area contributed by atoms with Crippen LogP contribution < -0.4 is 14.5 Å². The predicted octanol–water partition coefficient (Wildman–Crippen LogP) is 5.43. The molecule has 42 heavy (non-hydrogen) atoms. The summed E-state index contributed by atoms with van der Waals surface area (Å²) in [5, 5.41) is 15.5. The Morgan fingerprint density at radius 1 is 1.10 bits per heavy atom. The number of hydrogen-bond donors (Lipinski definition) is 1. The molecule has 218 valence electrons. The van der Waals surface area contributed by atoms with Gasteiger partial charge in [0.05, 0.1) is 28.8 Å². The molecule has 0 atom stereocenters. The Morgan fingerprint density at radius 2 is 1.81 bits per heavy atom. The van der Waals surface area contributed by atoms with Gasteiger partial charge in [-0.05, 0) is 75.4 Å². The molecule has 3 aromatic carbocycles. The van der Waals surface area contributed by atoms with Crippen molar-refractivity contribution in [3.05, 3.63) is 110 Å². The number of nitrogens with zero attached hydrogens (tertiary/aromatic N) is 4. The van der Waals surface area contributed by atoms with Crippen LogP contribution in [-0.2, 0) is 14.8 Å². The molecule has 0 bridgehead atoms. The summed E-state index contributed by atoms with van der Waals surface area (Å²) in [5.41, 5.74) is 6.10. The summed E-state index contributed by atoms with van der Waals surface area (Å²) in [7, 11) is -2.92. The number of nitro benzene ring substituents is 1. The second-order valence-electron chi connectivity index (χ2n) is 9.35. The molecule has 0 saturated carbocycles. The van der Waals surface area contributed by atoms with Crippen molar-refractivity contribution < 1.29 is 22.9 Å². The van der Waals surface area contributed by atoms with Crippen LogP contribution in [0.1, 0.15) is 22.5 Å². The molecule has 1 heterocycles. The third-order valence-electron chi connectivity index (χ3n) is 6.54. The van der Waals surface area contributed by atoms with Crippen molar-refractivity contribution >= 4 is 49.4 Å². The van der Waals surface area contributed by atoms with E-state index in [1.807, 2.05) is 48.7 Å². The molecule has 0 aliphatic heterocycles. The molecule has 1 amide bonds. The van der Waals surface area contributed by atoms with Crippen LogP contribution in [0.4, 0.5) is 11.4 Å². The first-order chi connectivity index (χ1) is 19.9. The lowest BCUT2D eigenvalue weighted by Gasteiger charge is -2.24. The Kier molecular flexibility index (Phi) is 9.12. The van der Waals surface area contributed by atoms with Crippen molar-refractivity contribution in [2.24, 2.45) is 5.10 Å². The van der Waals surface area contributed by atoms with Crippen molar-refractivity contribution in [2.75, 3.05) is 18.0 Å². The highest BCUT2D eigenvalue weighted by molar-refractivity contribution is 9.10. The lowest BCUT2D eigenvalue weighted by Crippen LogP contribution is -2.39. The lowest BCUT2D eigenvalue weighted by molar-refractivity contribution is -0.385. The summed E-state index contributed by atoms with van der Waals surface area (Å²) in [6, 6.07) is 19.4. The maximum Gasteiger partial charge on any atom is 0.273 e. The Morgan fingerprint density at radius 3 is 2.45 bits per heavy atom. The number of sulfonamides is 1. The van der Waals surface area contributed by atoms with Crippen molar-refractivity contribution in [2.45, 2.75) is 25.7 Å². The molecule has 0 aliphatic rings. The fraction of sp³-hybridized carbons (Fsp3) is 0.172. The van der Waals surface area contributed by atoms with Crippen LogP contribution in [0.25, 0.3) is 5.69 Å². The number of ether oxygens (including phenoxy) is 1. The van der Waals surface area contributed by atoms with E-state index in [0.29, 0.717) is 11.3 Å². The number of methoxy groups -OCH3 is 1. The number of hydrazone groups is 1. The van der Waals surface area contributed by atoms with E-state index in [9.17, 15) is 23.3 Å². The zero-order chi connectivity index (χ0) is 30.6. The number of hydrogen-bond acceptors (Lipinski definition) is 7. The Balaban J connectivity index is 1.60. The van der Waals surface area contributed by atoms with E-state index in [-0.39, 0.29) is 16.3 Å². The van der Waals surface area contributed by atoms with Gasteiger partial charge in [-0.3, -0.25) is 19.2 Å². The minimum absolute atomic E-state index is 0.163. The van der Waals surface area contributed by atoms with Crippen LogP contribution in [0.3, 0.4) is 0 Å². The summed E-state index contributed by atoms with van der Waals surface area (Å²) in [4.78, 5) is 23.5. The number of nitrogens with one attached hydrogen (secondary N) is 1. The van der Waals surface area contributed by atoms with Gasteiger partial charge in [-0.1, -0.05) is 28.1 Å². The molecule has 4 aromatic rings. The number of benzene rings is 3. The quantitative estimate of drug-likeness (QED) is 0.138. The lowest BCUT2D eigenvalue weighted by atomic mass is 10.2. The number of amides is 1. The number of nitro groups is 1. The first-order valence-corrected chi connectivity index (χ1v) is 14.8. The van der Waals surface area contributed by atoms with Crippen molar-refractivity contribution in [3.63, 3.8) is 0 Å². The highest BCUT2D eigenvalue weighted by atomic mass is 79.9. The highest BCUT2D eigenvalue weighted by Crippen LogP contribution is 2.29. The molecule has 1 N–H and O–H groups in total. The van der Waals surface area contributed by atoms with E-state index < -0.39 is 27.4 Å². The molecule has 0 aliphatic carbocycles. The van der Waals surface area contributed by atoms with Crippen molar-refractivity contribution in [1.29, 1.82) is 0 Å². The van der Waals surface area contributed by atoms with Crippen molar-refractivity contribution in [1.82, 2.24) is 9.99 Å². The van der Waals surface area contributed by atoms with Gasteiger partial charge in [-0.25, -0.2) is 13.8 Å². The molecule has 11 nitrogen and oxygen atoms in total. The van der Waals surface area contributed by atoms with Crippen LogP contribution in [0.5, 0.6) is 5.75 Å². The molecular formula is C29H28BrN5O6S. The highest BCUT2D eigenvalue weighted by Gasteiger charge is 2.29. The molecule has 0 saturated heterocycles. The summed E-state index contributed by atoms with van der Waals surface area (Å²) < 4.78 is 36.4. The number of aromatic nitrogens is 1. The zero-order valence-electron chi connectivity index (χ0n) is 23.2. The van der Waals surface area contributed by atoms with Crippen LogP contribution in [0.2, 0.25) is 0 Å². The number of carbonyl (C=O) groups is 1. The third kappa shape index (κ3) is 6.52. The Hall–Kier alpha value is -4.49. The molecule has 0 fully saturated rings. The topological polar surface area (TPSA) is 136 Å². The molecule has 4 rings (SSSR count). The number of carbonyl (C=O) groups excluding carboxylic acids is 1. The fourth-order valence-electron chi connectivity index (χ4n) is 4.41. The summed E-state index contributed by atoms with van der Waals surface area (Å²) >= 11 is 3.49. The summed E-state index contributed by atoms with van der Waals surface area (Å²) in [5.74, 6) is -0.232. The molecule has 0 radical (unpaired) electrons. The van der Waals surface area contributed by atoms with Gasteiger partial charge in [0.15, 0.2) is 0 Å². The maximum absolute atomic E-state index is 13.7. The van der Waals surface area contributed by atoms with E-state index in [4.69, 9.17) is 4.74 Å². The van der Waals surface area contributed by atoms with E-state index >= 15 is 0 Å². The molecule has 13 heteroatoms. The molecule has 0 spiro atoms. The number of rotatable bonds is 10. The SMILES string of the molecule is COc1ccc(N(CC(=O)N/N=C\c2cc(C)n(-c3cccc(Br)c3)c2C)S(=O)(=O)c2ccc(C)c([N+](=O)[O-])c2)cc1.